The molecule has 0 atom stereocenters. The van der Waals surface area contributed by atoms with Crippen molar-refractivity contribution in [1.29, 1.82) is 0 Å². The van der Waals surface area contributed by atoms with E-state index in [2.05, 4.69) is 27.4 Å². The van der Waals surface area contributed by atoms with Crippen molar-refractivity contribution in [2.75, 3.05) is 39.0 Å². The van der Waals surface area contributed by atoms with Gasteiger partial charge >= 0.3 is 6.03 Å². The highest BCUT2D eigenvalue weighted by Crippen LogP contribution is 2.17. The Morgan fingerprint density at radius 3 is 2.71 bits per heavy atom. The third-order valence-corrected chi connectivity index (χ3v) is 4.87. The van der Waals surface area contributed by atoms with Crippen LogP contribution in [0.25, 0.3) is 0 Å². The number of likely N-dealkylation sites (tertiary alicyclic amines) is 1. The van der Waals surface area contributed by atoms with Gasteiger partial charge in [0.05, 0.1) is 12.2 Å². The van der Waals surface area contributed by atoms with E-state index in [1.807, 2.05) is 5.38 Å². The van der Waals surface area contributed by atoms with Crippen molar-refractivity contribution in [2.45, 2.75) is 38.6 Å². The lowest BCUT2D eigenvalue weighted by Crippen LogP contribution is -2.48. The first-order valence-electron chi connectivity index (χ1n) is 8.42. The number of likely N-dealkylation sites (N-methyl/N-ethyl adjacent to an activating group) is 1. The van der Waals surface area contributed by atoms with Gasteiger partial charge in [0, 0.05) is 38.6 Å². The van der Waals surface area contributed by atoms with Gasteiger partial charge in [-0.1, -0.05) is 13.3 Å². The minimum Gasteiger partial charge on any atom is -0.348 e. The Morgan fingerprint density at radius 2 is 2.08 bits per heavy atom. The number of hydrogen-bond donors (Lipinski definition) is 2. The molecule has 0 spiro atoms. The van der Waals surface area contributed by atoms with Crippen molar-refractivity contribution in [3.8, 4) is 0 Å². The van der Waals surface area contributed by atoms with Gasteiger partial charge in [0.25, 0.3) is 0 Å². The number of piperidine rings is 1. The number of carbonyl (C=O) groups excluding carboxylic acids is 2. The van der Waals surface area contributed by atoms with Gasteiger partial charge in [-0.3, -0.25) is 15.0 Å². The molecule has 0 saturated carbocycles. The quantitative estimate of drug-likeness (QED) is 0.817. The predicted molar refractivity (Wildman–Crippen MR) is 96.4 cm³/mol. The van der Waals surface area contributed by atoms with Crippen LogP contribution < -0.4 is 10.6 Å². The summed E-state index contributed by atoms with van der Waals surface area (Å²) < 4.78 is 0. The highest BCUT2D eigenvalue weighted by Gasteiger charge is 2.22. The molecule has 1 aromatic rings. The SMILES string of the molecule is CCCc1csc(NC(=O)NC2CCN(CC(=O)N(C)C)CC2)n1. The van der Waals surface area contributed by atoms with Gasteiger partial charge in [-0.25, -0.2) is 9.78 Å². The van der Waals surface area contributed by atoms with Crippen LogP contribution in [0.15, 0.2) is 5.38 Å². The summed E-state index contributed by atoms with van der Waals surface area (Å²) in [7, 11) is 3.54. The van der Waals surface area contributed by atoms with E-state index in [1.54, 1.807) is 19.0 Å². The minimum absolute atomic E-state index is 0.116. The molecule has 1 saturated heterocycles. The van der Waals surface area contributed by atoms with E-state index in [0.29, 0.717) is 11.7 Å². The van der Waals surface area contributed by atoms with E-state index in [9.17, 15) is 9.59 Å². The normalized spacial score (nSPS) is 16.0. The Labute approximate surface area is 147 Å². The topological polar surface area (TPSA) is 77.6 Å². The molecule has 1 aromatic heterocycles. The number of carbonyl (C=O) groups is 2. The zero-order valence-electron chi connectivity index (χ0n) is 14.7. The van der Waals surface area contributed by atoms with Gasteiger partial charge in [0.1, 0.15) is 0 Å². The molecule has 2 rings (SSSR count). The standard InChI is InChI=1S/C16H27N5O2S/c1-4-5-13-11-24-16(18-13)19-15(23)17-12-6-8-21(9-7-12)10-14(22)20(2)3/h11-12H,4-10H2,1-3H3,(H2,17,18,19,23). The second-order valence-electron chi connectivity index (χ2n) is 6.33. The second kappa shape index (κ2) is 8.98. The average molecular weight is 353 g/mol. The van der Waals surface area contributed by atoms with Crippen LogP contribution in [0.1, 0.15) is 31.9 Å². The molecular weight excluding hydrogens is 326 g/mol. The van der Waals surface area contributed by atoms with Gasteiger partial charge in [-0.15, -0.1) is 11.3 Å². The fourth-order valence-electron chi connectivity index (χ4n) is 2.62. The maximum Gasteiger partial charge on any atom is 0.321 e. The van der Waals surface area contributed by atoms with E-state index in [1.165, 1.54) is 11.3 Å². The molecular formula is C16H27N5O2S. The van der Waals surface area contributed by atoms with Crippen molar-refractivity contribution in [3.05, 3.63) is 11.1 Å². The molecule has 2 heterocycles. The van der Waals surface area contributed by atoms with Crippen LogP contribution >= 0.6 is 11.3 Å². The lowest BCUT2D eigenvalue weighted by atomic mass is 10.1. The lowest BCUT2D eigenvalue weighted by molar-refractivity contribution is -0.130. The Morgan fingerprint density at radius 1 is 1.38 bits per heavy atom. The van der Waals surface area contributed by atoms with Crippen LogP contribution in [0.3, 0.4) is 0 Å². The highest BCUT2D eigenvalue weighted by atomic mass is 32.1. The lowest BCUT2D eigenvalue weighted by Gasteiger charge is -2.32. The molecule has 3 amide bonds. The van der Waals surface area contributed by atoms with Crippen LogP contribution in [-0.4, -0.2) is 66.5 Å². The summed E-state index contributed by atoms with van der Waals surface area (Å²) in [6.07, 6.45) is 3.69. The molecule has 0 radical (unpaired) electrons. The van der Waals surface area contributed by atoms with Crippen LogP contribution in [0.2, 0.25) is 0 Å². The number of anilines is 1. The molecule has 1 fully saturated rings. The van der Waals surface area contributed by atoms with Gasteiger partial charge in [-0.05, 0) is 19.3 Å². The maximum absolute atomic E-state index is 12.1. The summed E-state index contributed by atoms with van der Waals surface area (Å²) in [6.45, 7) is 4.20. The third kappa shape index (κ3) is 5.76. The smallest absolute Gasteiger partial charge is 0.321 e. The van der Waals surface area contributed by atoms with Crippen molar-refractivity contribution in [2.24, 2.45) is 0 Å². The van der Waals surface area contributed by atoms with Crippen molar-refractivity contribution < 1.29 is 9.59 Å². The number of thiazole rings is 1. The molecule has 0 bridgehead atoms. The molecule has 1 aliphatic heterocycles. The van der Waals surface area contributed by atoms with Crippen molar-refractivity contribution in [3.63, 3.8) is 0 Å². The van der Waals surface area contributed by atoms with E-state index in [4.69, 9.17) is 0 Å². The maximum atomic E-state index is 12.1. The second-order valence-corrected chi connectivity index (χ2v) is 7.19. The number of rotatable bonds is 6. The monoisotopic (exact) mass is 353 g/mol. The predicted octanol–water partition coefficient (Wildman–Crippen LogP) is 1.77. The van der Waals surface area contributed by atoms with Gasteiger partial charge in [-0.2, -0.15) is 0 Å². The summed E-state index contributed by atoms with van der Waals surface area (Å²) in [4.78, 5) is 31.9. The summed E-state index contributed by atoms with van der Waals surface area (Å²) in [5.41, 5.74) is 1.02. The molecule has 7 nitrogen and oxygen atoms in total. The molecule has 134 valence electrons. The van der Waals surface area contributed by atoms with E-state index >= 15 is 0 Å². The number of aromatic nitrogens is 1. The Hall–Kier alpha value is -1.67. The molecule has 1 aliphatic rings. The van der Waals surface area contributed by atoms with Crippen LogP contribution in [0.5, 0.6) is 0 Å². The number of amides is 3. The first kappa shape index (κ1) is 18.7. The number of nitrogens with one attached hydrogen (secondary N) is 2. The Balaban J connectivity index is 1.71. The average Bonchev–Trinajstić information content (AvgIpc) is 2.96. The van der Waals surface area contributed by atoms with Crippen LogP contribution in [0.4, 0.5) is 9.93 Å². The van der Waals surface area contributed by atoms with Gasteiger partial charge in [0.2, 0.25) is 5.91 Å². The van der Waals surface area contributed by atoms with E-state index < -0.39 is 0 Å². The highest BCUT2D eigenvalue weighted by molar-refractivity contribution is 7.13. The van der Waals surface area contributed by atoms with Crippen LogP contribution in [0, 0.1) is 0 Å². The van der Waals surface area contributed by atoms with Gasteiger partial charge < -0.3 is 10.2 Å². The van der Waals surface area contributed by atoms with E-state index in [0.717, 1.165) is 44.5 Å². The molecule has 24 heavy (non-hydrogen) atoms. The Bertz CT molecular complexity index is 552. The molecule has 2 N–H and O–H groups in total. The molecule has 0 aromatic carbocycles. The summed E-state index contributed by atoms with van der Waals surface area (Å²) in [5, 5.41) is 8.44. The largest absolute Gasteiger partial charge is 0.348 e. The fraction of sp³-hybridized carbons (Fsp3) is 0.688. The first-order valence-corrected chi connectivity index (χ1v) is 9.30. The summed E-state index contributed by atoms with van der Waals surface area (Å²) in [5.74, 6) is 0.116. The van der Waals surface area contributed by atoms with Crippen molar-refractivity contribution >= 4 is 28.4 Å². The summed E-state index contributed by atoms with van der Waals surface area (Å²) in [6, 6.07) is -0.0546. The Kier molecular flexibility index (Phi) is 6.99. The zero-order chi connectivity index (χ0) is 17.5. The van der Waals surface area contributed by atoms with E-state index in [-0.39, 0.29) is 18.0 Å². The summed E-state index contributed by atoms with van der Waals surface area (Å²) >= 11 is 1.46. The number of nitrogens with zero attached hydrogens (tertiary/aromatic N) is 3. The third-order valence-electron chi connectivity index (χ3n) is 4.06. The zero-order valence-corrected chi connectivity index (χ0v) is 15.5. The molecule has 0 aliphatic carbocycles. The number of urea groups is 1. The number of aryl methyl sites for hydroxylation is 1. The van der Waals surface area contributed by atoms with Crippen molar-refractivity contribution in [1.82, 2.24) is 20.1 Å². The van der Waals surface area contributed by atoms with Crippen LogP contribution in [-0.2, 0) is 11.2 Å². The minimum atomic E-state index is -0.199. The first-order chi connectivity index (χ1) is 11.5. The number of hydrogen-bond acceptors (Lipinski definition) is 5. The van der Waals surface area contributed by atoms with Gasteiger partial charge in [0.15, 0.2) is 5.13 Å². The molecule has 0 unspecified atom stereocenters. The molecule has 8 heteroatoms. The fourth-order valence-corrected chi connectivity index (χ4v) is 3.36.